The van der Waals surface area contributed by atoms with Crippen molar-refractivity contribution in [3.63, 3.8) is 0 Å². The van der Waals surface area contributed by atoms with Crippen LogP contribution >= 0.6 is 0 Å². The molecule has 2 aliphatic carbocycles. The molecule has 1 fully saturated rings. The minimum absolute atomic E-state index is 0.0984. The molecule has 0 spiro atoms. The molecular formula is C25H35NO3. The molecule has 3 rings (SSSR count). The second-order valence-corrected chi connectivity index (χ2v) is 8.78. The number of hydrogen-bond donors (Lipinski definition) is 1. The third kappa shape index (κ3) is 6.03. The molecule has 0 saturated heterocycles. The average molecular weight is 398 g/mol. The number of fused-ring (bicyclic) bond motifs is 1. The fourth-order valence-corrected chi connectivity index (χ4v) is 4.67. The number of aryl methyl sites for hydroxylation is 2. The van der Waals surface area contributed by atoms with E-state index in [0.29, 0.717) is 31.5 Å². The molecule has 1 aromatic carbocycles. The van der Waals surface area contributed by atoms with E-state index >= 15 is 0 Å². The lowest BCUT2D eigenvalue weighted by atomic mass is 9.89. The van der Waals surface area contributed by atoms with Crippen LogP contribution in [-0.4, -0.2) is 49.3 Å². The Kier molecular flexibility index (Phi) is 7.68. The van der Waals surface area contributed by atoms with Crippen LogP contribution in [0.1, 0.15) is 36.8 Å². The molecule has 158 valence electrons. The van der Waals surface area contributed by atoms with Crippen LogP contribution in [0.25, 0.3) is 0 Å². The van der Waals surface area contributed by atoms with Gasteiger partial charge in [0, 0.05) is 20.0 Å². The standard InChI is InChI=1S/C25H35NO3/c1-18-7-6-9-19(13-18)8-4-5-10-22-23-15-20(14-21(23)16-24(22)27)17-29-12-11-25(28)26(2)3/h5-7,9-10,13-14,21-24,27H,4,8,11-12,15-17H2,1-3H3/b10-5+/t21-,22+,23-,24+/m0/s1. The van der Waals surface area contributed by atoms with Crippen LogP contribution < -0.4 is 0 Å². The maximum Gasteiger partial charge on any atom is 0.224 e. The highest BCUT2D eigenvalue weighted by atomic mass is 16.5. The van der Waals surface area contributed by atoms with E-state index < -0.39 is 0 Å². The van der Waals surface area contributed by atoms with Crippen molar-refractivity contribution in [2.24, 2.45) is 17.8 Å². The molecule has 0 bridgehead atoms. The monoisotopic (exact) mass is 397 g/mol. The summed E-state index contributed by atoms with van der Waals surface area (Å²) >= 11 is 0. The number of aliphatic hydroxyl groups is 1. The van der Waals surface area contributed by atoms with Crippen molar-refractivity contribution in [1.82, 2.24) is 4.90 Å². The number of carbonyl (C=O) groups is 1. The van der Waals surface area contributed by atoms with Gasteiger partial charge in [-0.05, 0) is 55.6 Å². The summed E-state index contributed by atoms with van der Waals surface area (Å²) in [6.45, 7) is 3.20. The van der Waals surface area contributed by atoms with Crippen molar-refractivity contribution in [1.29, 1.82) is 0 Å². The molecule has 0 unspecified atom stereocenters. The van der Waals surface area contributed by atoms with E-state index in [4.69, 9.17) is 4.74 Å². The maximum atomic E-state index is 11.6. The number of nitrogens with zero attached hydrogens (tertiary/aromatic N) is 1. The summed E-state index contributed by atoms with van der Waals surface area (Å²) in [7, 11) is 3.53. The van der Waals surface area contributed by atoms with Crippen LogP contribution in [0.2, 0.25) is 0 Å². The Morgan fingerprint density at radius 1 is 1.34 bits per heavy atom. The Morgan fingerprint density at radius 3 is 2.93 bits per heavy atom. The van der Waals surface area contributed by atoms with E-state index in [-0.39, 0.29) is 17.9 Å². The zero-order chi connectivity index (χ0) is 20.8. The van der Waals surface area contributed by atoms with Gasteiger partial charge in [-0.2, -0.15) is 0 Å². The van der Waals surface area contributed by atoms with Crippen molar-refractivity contribution < 1.29 is 14.6 Å². The van der Waals surface area contributed by atoms with Crippen LogP contribution in [0.15, 0.2) is 48.1 Å². The van der Waals surface area contributed by atoms with Gasteiger partial charge in [0.1, 0.15) is 0 Å². The molecule has 2 aliphatic rings. The Labute approximate surface area is 175 Å². The number of amides is 1. The predicted molar refractivity (Wildman–Crippen MR) is 117 cm³/mol. The van der Waals surface area contributed by atoms with E-state index in [1.54, 1.807) is 19.0 Å². The lowest BCUT2D eigenvalue weighted by molar-refractivity contribution is -0.129. The lowest BCUT2D eigenvalue weighted by Gasteiger charge is -2.18. The highest BCUT2D eigenvalue weighted by Crippen LogP contribution is 2.47. The minimum Gasteiger partial charge on any atom is -0.392 e. The molecule has 1 amide bonds. The Bertz CT molecular complexity index is 752. The first-order chi connectivity index (χ1) is 13.9. The van der Waals surface area contributed by atoms with Gasteiger partial charge < -0.3 is 14.7 Å². The van der Waals surface area contributed by atoms with Gasteiger partial charge in [-0.25, -0.2) is 0 Å². The summed E-state index contributed by atoms with van der Waals surface area (Å²) in [5.74, 6) is 1.28. The fourth-order valence-electron chi connectivity index (χ4n) is 4.67. The first kappa shape index (κ1) is 21.8. The molecule has 1 saturated carbocycles. The Balaban J connectivity index is 1.43. The zero-order valence-corrected chi connectivity index (χ0v) is 18.0. The second-order valence-electron chi connectivity index (χ2n) is 8.78. The van der Waals surface area contributed by atoms with E-state index in [2.05, 4.69) is 49.4 Å². The van der Waals surface area contributed by atoms with Gasteiger partial charge >= 0.3 is 0 Å². The number of rotatable bonds is 9. The predicted octanol–water partition coefficient (Wildman–Crippen LogP) is 3.92. The summed E-state index contributed by atoms with van der Waals surface area (Å²) in [6, 6.07) is 8.67. The van der Waals surface area contributed by atoms with Crippen molar-refractivity contribution in [3.8, 4) is 0 Å². The zero-order valence-electron chi connectivity index (χ0n) is 18.0. The third-order valence-corrected chi connectivity index (χ3v) is 6.24. The molecule has 0 heterocycles. The summed E-state index contributed by atoms with van der Waals surface area (Å²) in [6.07, 6.45) is 10.9. The molecule has 4 atom stereocenters. The first-order valence-electron chi connectivity index (χ1n) is 10.8. The number of aliphatic hydroxyl groups excluding tert-OH is 1. The molecule has 4 heteroatoms. The van der Waals surface area contributed by atoms with Crippen LogP contribution in [0.5, 0.6) is 0 Å². The SMILES string of the molecule is Cc1cccc(CC/C=C/[C@@H]2[C@H]3CC(COCCC(=O)N(C)C)=C[C@H]3C[C@H]2O)c1. The van der Waals surface area contributed by atoms with E-state index in [9.17, 15) is 9.90 Å². The van der Waals surface area contributed by atoms with Gasteiger partial charge in [-0.15, -0.1) is 0 Å². The highest BCUT2D eigenvalue weighted by Gasteiger charge is 2.43. The molecule has 4 nitrogen and oxygen atoms in total. The highest BCUT2D eigenvalue weighted by molar-refractivity contribution is 5.75. The van der Waals surface area contributed by atoms with E-state index in [0.717, 1.165) is 25.7 Å². The maximum absolute atomic E-state index is 11.6. The summed E-state index contributed by atoms with van der Waals surface area (Å²) < 4.78 is 5.73. The number of allylic oxidation sites excluding steroid dienone is 2. The third-order valence-electron chi connectivity index (χ3n) is 6.24. The molecule has 0 radical (unpaired) electrons. The molecule has 0 aliphatic heterocycles. The lowest BCUT2D eigenvalue weighted by Crippen LogP contribution is -2.23. The number of hydrogen-bond acceptors (Lipinski definition) is 3. The molecule has 1 N–H and O–H groups in total. The van der Waals surface area contributed by atoms with Crippen molar-refractivity contribution in [2.45, 2.75) is 45.1 Å². The first-order valence-corrected chi connectivity index (χ1v) is 10.8. The van der Waals surface area contributed by atoms with Gasteiger partial charge in [-0.3, -0.25) is 4.79 Å². The van der Waals surface area contributed by atoms with Crippen molar-refractivity contribution in [3.05, 3.63) is 59.2 Å². The Hall–Kier alpha value is -1.91. The summed E-state index contributed by atoms with van der Waals surface area (Å²) in [4.78, 5) is 13.2. The summed E-state index contributed by atoms with van der Waals surface area (Å²) in [5.41, 5.74) is 4.00. The topological polar surface area (TPSA) is 49.8 Å². The largest absolute Gasteiger partial charge is 0.392 e. The van der Waals surface area contributed by atoms with Crippen LogP contribution in [0.3, 0.4) is 0 Å². The van der Waals surface area contributed by atoms with Gasteiger partial charge in [0.15, 0.2) is 0 Å². The van der Waals surface area contributed by atoms with Crippen LogP contribution in [-0.2, 0) is 16.0 Å². The summed E-state index contributed by atoms with van der Waals surface area (Å²) in [5, 5.41) is 10.5. The number of carbonyl (C=O) groups excluding carboxylic acids is 1. The fraction of sp³-hybridized carbons (Fsp3) is 0.560. The van der Waals surface area contributed by atoms with Crippen LogP contribution in [0, 0.1) is 24.7 Å². The molecule has 1 aromatic rings. The van der Waals surface area contributed by atoms with E-state index in [1.165, 1.54) is 16.7 Å². The van der Waals surface area contributed by atoms with Crippen molar-refractivity contribution in [2.75, 3.05) is 27.3 Å². The Morgan fingerprint density at radius 2 is 2.17 bits per heavy atom. The number of benzene rings is 1. The van der Waals surface area contributed by atoms with Crippen LogP contribution in [0.4, 0.5) is 0 Å². The second kappa shape index (κ2) is 10.2. The van der Waals surface area contributed by atoms with Gasteiger partial charge in [-0.1, -0.05) is 48.1 Å². The molecule has 0 aromatic heterocycles. The van der Waals surface area contributed by atoms with Gasteiger partial charge in [0.05, 0.1) is 25.7 Å². The normalized spacial score (nSPS) is 26.0. The van der Waals surface area contributed by atoms with Crippen molar-refractivity contribution >= 4 is 5.91 Å². The van der Waals surface area contributed by atoms with E-state index in [1.807, 2.05) is 0 Å². The molecule has 29 heavy (non-hydrogen) atoms. The van der Waals surface area contributed by atoms with Gasteiger partial charge in [0.25, 0.3) is 0 Å². The average Bonchev–Trinajstić information content (AvgIpc) is 3.19. The quantitative estimate of drug-likeness (QED) is 0.507. The minimum atomic E-state index is -0.239. The van der Waals surface area contributed by atoms with Gasteiger partial charge in [0.2, 0.25) is 5.91 Å². The molecular weight excluding hydrogens is 362 g/mol. The smallest absolute Gasteiger partial charge is 0.224 e. The number of ether oxygens (including phenoxy) is 1.